The summed E-state index contributed by atoms with van der Waals surface area (Å²) in [5, 5.41) is 5.94. The zero-order chi connectivity index (χ0) is 27.2. The lowest BCUT2D eigenvalue weighted by Crippen LogP contribution is -2.43. The summed E-state index contributed by atoms with van der Waals surface area (Å²) in [6, 6.07) is 10.5. The number of thiophene rings is 1. The van der Waals surface area contributed by atoms with Crippen LogP contribution in [0.1, 0.15) is 29.8 Å². The van der Waals surface area contributed by atoms with Crippen LogP contribution in [-0.4, -0.2) is 81.7 Å². The second kappa shape index (κ2) is 12.9. The summed E-state index contributed by atoms with van der Waals surface area (Å²) in [5.74, 6) is 1.47. The van der Waals surface area contributed by atoms with Crippen LogP contribution in [0.3, 0.4) is 0 Å². The molecule has 2 unspecified atom stereocenters. The Labute approximate surface area is 238 Å². The largest absolute Gasteiger partial charge is 0.379 e. The molecule has 0 radical (unpaired) electrons. The van der Waals surface area contributed by atoms with E-state index in [1.54, 1.807) is 36.7 Å². The molecule has 3 aromatic rings. The predicted octanol–water partition coefficient (Wildman–Crippen LogP) is 4.57. The van der Waals surface area contributed by atoms with Gasteiger partial charge in [-0.15, -0.1) is 11.3 Å². The van der Waals surface area contributed by atoms with Gasteiger partial charge in [0.15, 0.2) is 0 Å². The summed E-state index contributed by atoms with van der Waals surface area (Å²) in [6.45, 7) is 4.81. The van der Waals surface area contributed by atoms with Crippen molar-refractivity contribution in [1.82, 2.24) is 15.2 Å². The molecule has 2 atom stereocenters. The van der Waals surface area contributed by atoms with Crippen LogP contribution in [0.4, 0.5) is 5.69 Å². The van der Waals surface area contributed by atoms with Crippen molar-refractivity contribution in [3.05, 3.63) is 59.6 Å². The standard InChI is InChI=1S/C28H36N4O4S3/c1-31(39(34,35)26-11-6-16-37-26)25-10-5-9-22-17-24(30-27(22)25)28(33)29-18-23(19-32-12-14-36-15-13-32)38-20-21-7-3-2-4-8-21/h3,5-7,9-11,16-17,21,23,30H,2,4,8,12-15,18-20H2,1H3,(H,29,33). The van der Waals surface area contributed by atoms with Crippen molar-refractivity contribution < 1.29 is 17.9 Å². The molecule has 2 N–H and O–H groups in total. The molecule has 2 aliphatic rings. The zero-order valence-corrected chi connectivity index (χ0v) is 24.6. The average molecular weight is 589 g/mol. The number of carbonyl (C=O) groups is 1. The number of benzene rings is 1. The highest BCUT2D eigenvalue weighted by Crippen LogP contribution is 2.31. The van der Waals surface area contributed by atoms with E-state index in [9.17, 15) is 13.2 Å². The average Bonchev–Trinajstić information content (AvgIpc) is 3.66. The molecule has 1 fully saturated rings. The van der Waals surface area contributed by atoms with Gasteiger partial charge in [0.25, 0.3) is 15.9 Å². The van der Waals surface area contributed by atoms with E-state index in [1.807, 2.05) is 23.9 Å². The number of allylic oxidation sites excluding steroid dienone is 2. The van der Waals surface area contributed by atoms with Gasteiger partial charge in [-0.3, -0.25) is 14.0 Å². The molecule has 0 saturated carbocycles. The monoisotopic (exact) mass is 588 g/mol. The van der Waals surface area contributed by atoms with Crippen molar-refractivity contribution in [2.45, 2.75) is 28.7 Å². The summed E-state index contributed by atoms with van der Waals surface area (Å²) in [6.07, 6.45) is 8.29. The Hall–Kier alpha value is -2.31. The molecule has 1 aliphatic carbocycles. The van der Waals surface area contributed by atoms with Gasteiger partial charge >= 0.3 is 0 Å². The first-order valence-electron chi connectivity index (χ1n) is 13.4. The molecule has 3 heterocycles. The van der Waals surface area contributed by atoms with Crippen molar-refractivity contribution in [3.8, 4) is 0 Å². The minimum absolute atomic E-state index is 0.189. The number of fused-ring (bicyclic) bond motifs is 1. The number of H-pyrrole nitrogens is 1. The van der Waals surface area contributed by atoms with Gasteiger partial charge in [0.05, 0.1) is 24.4 Å². The number of aromatic nitrogens is 1. The number of para-hydroxylation sites is 1. The fourth-order valence-corrected chi connectivity index (χ4v) is 8.71. The molecule has 8 nitrogen and oxygen atoms in total. The molecule has 1 aliphatic heterocycles. The van der Waals surface area contributed by atoms with E-state index in [1.165, 1.54) is 34.9 Å². The van der Waals surface area contributed by atoms with Gasteiger partial charge in [-0.05, 0) is 54.5 Å². The first-order valence-corrected chi connectivity index (χ1v) is 16.8. The number of anilines is 1. The van der Waals surface area contributed by atoms with Crippen LogP contribution in [0, 0.1) is 5.92 Å². The van der Waals surface area contributed by atoms with E-state index in [2.05, 4.69) is 27.4 Å². The molecule has 5 rings (SSSR count). The number of rotatable bonds is 11. The number of aromatic amines is 1. The lowest BCUT2D eigenvalue weighted by Gasteiger charge is -2.31. The molecular weight excluding hydrogens is 553 g/mol. The van der Waals surface area contributed by atoms with Crippen molar-refractivity contribution in [2.24, 2.45) is 5.92 Å². The first kappa shape index (κ1) is 28.2. The number of hydrogen-bond acceptors (Lipinski definition) is 7. The quantitative estimate of drug-likeness (QED) is 0.319. The van der Waals surface area contributed by atoms with Gasteiger partial charge in [0, 0.05) is 43.9 Å². The number of sulfonamides is 1. The highest BCUT2D eigenvalue weighted by Gasteiger charge is 2.25. The van der Waals surface area contributed by atoms with E-state index < -0.39 is 10.0 Å². The SMILES string of the molecule is CN(c1cccc2cc(C(=O)NCC(CN3CCOCC3)SCC3C=CCCC3)[nH]c12)S(=O)(=O)c1cccs1. The molecule has 1 amide bonds. The Morgan fingerprint density at radius 2 is 2.13 bits per heavy atom. The van der Waals surface area contributed by atoms with Crippen LogP contribution in [0.5, 0.6) is 0 Å². The first-order chi connectivity index (χ1) is 18.9. The zero-order valence-electron chi connectivity index (χ0n) is 22.2. The maximum absolute atomic E-state index is 13.3. The highest BCUT2D eigenvalue weighted by molar-refractivity contribution is 8.00. The fraction of sp³-hybridized carbons (Fsp3) is 0.464. The van der Waals surface area contributed by atoms with Crippen molar-refractivity contribution in [2.75, 3.05) is 56.5 Å². The van der Waals surface area contributed by atoms with Crippen molar-refractivity contribution >= 4 is 55.6 Å². The Kier molecular flexibility index (Phi) is 9.34. The van der Waals surface area contributed by atoms with Gasteiger partial charge in [-0.2, -0.15) is 11.8 Å². The number of nitrogens with one attached hydrogen (secondary N) is 2. The second-order valence-electron chi connectivity index (χ2n) is 10.0. The minimum Gasteiger partial charge on any atom is -0.379 e. The van der Waals surface area contributed by atoms with Gasteiger partial charge in [-0.1, -0.05) is 30.4 Å². The molecule has 39 heavy (non-hydrogen) atoms. The number of amides is 1. The van der Waals surface area contributed by atoms with Crippen molar-refractivity contribution in [1.29, 1.82) is 0 Å². The number of nitrogens with zero attached hydrogens (tertiary/aromatic N) is 2. The Balaban J connectivity index is 1.28. The molecule has 0 bridgehead atoms. The third kappa shape index (κ3) is 6.89. The smallest absolute Gasteiger partial charge is 0.273 e. The summed E-state index contributed by atoms with van der Waals surface area (Å²) in [5.41, 5.74) is 1.54. The van der Waals surface area contributed by atoms with Crippen LogP contribution in [0.2, 0.25) is 0 Å². The Morgan fingerprint density at radius 1 is 1.28 bits per heavy atom. The molecule has 2 aromatic heterocycles. The number of carbonyl (C=O) groups excluding carboxylic acids is 1. The van der Waals surface area contributed by atoms with E-state index >= 15 is 0 Å². The number of ether oxygens (including phenoxy) is 1. The predicted molar refractivity (Wildman–Crippen MR) is 161 cm³/mol. The molecule has 0 spiro atoms. The molecule has 1 aromatic carbocycles. The molecule has 11 heteroatoms. The van der Waals surface area contributed by atoms with Gasteiger partial charge in [0.2, 0.25) is 0 Å². The van der Waals surface area contributed by atoms with Crippen LogP contribution < -0.4 is 9.62 Å². The maximum atomic E-state index is 13.3. The minimum atomic E-state index is -3.69. The Morgan fingerprint density at radius 3 is 2.87 bits per heavy atom. The summed E-state index contributed by atoms with van der Waals surface area (Å²) >= 11 is 3.12. The third-order valence-corrected chi connectivity index (χ3v) is 11.8. The topological polar surface area (TPSA) is 94.7 Å². The summed E-state index contributed by atoms with van der Waals surface area (Å²) in [7, 11) is -2.15. The number of thioether (sulfide) groups is 1. The number of morpholine rings is 1. The van der Waals surface area contributed by atoms with Crippen LogP contribution in [0.25, 0.3) is 10.9 Å². The molecule has 1 saturated heterocycles. The van der Waals surface area contributed by atoms with Gasteiger partial charge in [-0.25, -0.2) is 8.42 Å². The Bertz CT molecular complexity index is 1380. The van der Waals surface area contributed by atoms with E-state index in [0.717, 1.165) is 44.0 Å². The molecular formula is C28H36N4O4S3. The van der Waals surface area contributed by atoms with Crippen LogP contribution in [0.15, 0.2) is 58.1 Å². The van der Waals surface area contributed by atoms with E-state index in [4.69, 9.17) is 4.74 Å². The number of hydrogen-bond donors (Lipinski definition) is 2. The summed E-state index contributed by atoms with van der Waals surface area (Å²) in [4.78, 5) is 18.9. The van der Waals surface area contributed by atoms with Gasteiger partial charge in [0.1, 0.15) is 9.90 Å². The van der Waals surface area contributed by atoms with Crippen LogP contribution in [-0.2, 0) is 14.8 Å². The second-order valence-corrected chi connectivity index (χ2v) is 14.5. The van der Waals surface area contributed by atoms with Crippen LogP contribution >= 0.6 is 23.1 Å². The van der Waals surface area contributed by atoms with E-state index in [-0.39, 0.29) is 15.4 Å². The fourth-order valence-electron chi connectivity index (χ4n) is 5.03. The van der Waals surface area contributed by atoms with Gasteiger partial charge < -0.3 is 15.0 Å². The maximum Gasteiger partial charge on any atom is 0.273 e. The lowest BCUT2D eigenvalue weighted by molar-refractivity contribution is 0.0381. The molecule has 210 valence electrons. The lowest BCUT2D eigenvalue weighted by atomic mass is 9.98. The van der Waals surface area contributed by atoms with E-state index in [0.29, 0.717) is 29.4 Å². The summed E-state index contributed by atoms with van der Waals surface area (Å²) < 4.78 is 33.3. The van der Waals surface area contributed by atoms with Crippen molar-refractivity contribution in [3.63, 3.8) is 0 Å². The normalized spacial score (nSPS) is 19.3. The third-order valence-electron chi connectivity index (χ3n) is 7.28. The highest BCUT2D eigenvalue weighted by atomic mass is 32.2.